The van der Waals surface area contributed by atoms with Crippen LogP contribution in [0.1, 0.15) is 19.8 Å². The van der Waals surface area contributed by atoms with E-state index in [1.54, 1.807) is 25.1 Å². The molecule has 132 valence electrons. The third-order valence-corrected chi connectivity index (χ3v) is 6.42. The Labute approximate surface area is 151 Å². The van der Waals surface area contributed by atoms with E-state index in [9.17, 15) is 18.0 Å². The average molecular weight is 393 g/mol. The summed E-state index contributed by atoms with van der Waals surface area (Å²) in [7, 11) is -3.10. The first-order valence-corrected chi connectivity index (χ1v) is 10.0. The number of amides is 2. The average Bonchev–Trinajstić information content (AvgIpc) is 2.84. The van der Waals surface area contributed by atoms with Crippen LogP contribution in [0.3, 0.4) is 0 Å². The monoisotopic (exact) mass is 392 g/mol. The summed E-state index contributed by atoms with van der Waals surface area (Å²) in [5, 5.41) is 3.05. The summed E-state index contributed by atoms with van der Waals surface area (Å²) < 4.78 is 23.1. The molecule has 1 aliphatic heterocycles. The number of nitrogens with zero attached hydrogens (tertiary/aromatic N) is 1. The second kappa shape index (κ2) is 7.72. The van der Waals surface area contributed by atoms with Crippen molar-refractivity contribution >= 4 is 50.5 Å². The van der Waals surface area contributed by atoms with Gasteiger partial charge in [-0.25, -0.2) is 8.42 Å². The molecule has 0 aromatic heterocycles. The summed E-state index contributed by atoms with van der Waals surface area (Å²) in [6, 6.07) is 4.44. The molecule has 0 aliphatic carbocycles. The Balaban J connectivity index is 2.00. The maximum absolute atomic E-state index is 12.3. The minimum atomic E-state index is -3.10. The highest BCUT2D eigenvalue weighted by molar-refractivity contribution is 7.91. The zero-order valence-corrected chi connectivity index (χ0v) is 15.4. The molecule has 9 heteroatoms. The fourth-order valence-corrected chi connectivity index (χ4v) is 4.77. The number of rotatable bonds is 5. The molecule has 0 saturated carbocycles. The van der Waals surface area contributed by atoms with E-state index in [2.05, 4.69) is 5.32 Å². The van der Waals surface area contributed by atoms with Crippen LogP contribution < -0.4 is 5.32 Å². The lowest BCUT2D eigenvalue weighted by Crippen LogP contribution is -2.42. The van der Waals surface area contributed by atoms with Gasteiger partial charge in [0.15, 0.2) is 9.84 Å². The van der Waals surface area contributed by atoms with Crippen molar-refractivity contribution < 1.29 is 18.0 Å². The first-order valence-electron chi connectivity index (χ1n) is 7.47. The van der Waals surface area contributed by atoms with Crippen LogP contribution in [0.4, 0.5) is 5.69 Å². The molecule has 1 N–H and O–H groups in total. The molecule has 1 fully saturated rings. The van der Waals surface area contributed by atoms with E-state index in [1.807, 2.05) is 0 Å². The van der Waals surface area contributed by atoms with E-state index in [0.717, 1.165) is 0 Å². The van der Waals surface area contributed by atoms with Crippen molar-refractivity contribution in [1.82, 2.24) is 4.90 Å². The summed E-state index contributed by atoms with van der Waals surface area (Å²) in [5.74, 6) is -0.904. The van der Waals surface area contributed by atoms with Gasteiger partial charge in [-0.1, -0.05) is 29.3 Å². The number of halogens is 2. The Hall–Kier alpha value is -1.31. The number of benzene rings is 1. The van der Waals surface area contributed by atoms with Gasteiger partial charge in [0, 0.05) is 12.6 Å². The van der Waals surface area contributed by atoms with E-state index < -0.39 is 21.7 Å². The molecular formula is C15H18Cl2N2O4S. The molecule has 0 bridgehead atoms. The highest BCUT2D eigenvalue weighted by Gasteiger charge is 2.34. The maximum atomic E-state index is 12.3. The number of hydrogen-bond donors (Lipinski definition) is 1. The molecule has 1 heterocycles. The summed E-state index contributed by atoms with van der Waals surface area (Å²) in [5.41, 5.74) is 0.327. The fourth-order valence-electron chi connectivity index (χ4n) is 2.69. The number of carbonyl (C=O) groups excluding carboxylic acids is 2. The summed E-state index contributed by atoms with van der Waals surface area (Å²) in [6.45, 7) is 2.11. The molecule has 24 heavy (non-hydrogen) atoms. The molecule has 1 aromatic rings. The van der Waals surface area contributed by atoms with Gasteiger partial charge in [0.25, 0.3) is 0 Å². The standard InChI is InChI=1S/C15H18Cl2N2O4S/c1-2-19(10-6-7-24(22,23)9-10)14(21)8-13(20)18-12-5-3-4-11(16)15(12)17/h3-5,10H,2,6-9H2,1H3,(H,18,20). The second-order valence-corrected chi connectivity index (χ2v) is 8.58. The van der Waals surface area contributed by atoms with Crippen LogP contribution in [0.15, 0.2) is 18.2 Å². The van der Waals surface area contributed by atoms with Crippen LogP contribution in [-0.4, -0.2) is 49.2 Å². The molecule has 0 spiro atoms. The smallest absolute Gasteiger partial charge is 0.233 e. The second-order valence-electron chi connectivity index (χ2n) is 5.56. The van der Waals surface area contributed by atoms with Gasteiger partial charge in [0.05, 0.1) is 27.2 Å². The molecule has 0 radical (unpaired) electrons. The Bertz CT molecular complexity index is 752. The quantitative estimate of drug-likeness (QED) is 0.779. The maximum Gasteiger partial charge on any atom is 0.233 e. The number of nitrogens with one attached hydrogen (secondary N) is 1. The highest BCUT2D eigenvalue weighted by Crippen LogP contribution is 2.29. The van der Waals surface area contributed by atoms with Crippen LogP contribution >= 0.6 is 23.2 Å². The Morgan fingerprint density at radius 1 is 1.33 bits per heavy atom. The molecule has 1 aromatic carbocycles. The van der Waals surface area contributed by atoms with Gasteiger partial charge in [-0.3, -0.25) is 9.59 Å². The number of hydrogen-bond acceptors (Lipinski definition) is 4. The van der Waals surface area contributed by atoms with Crippen molar-refractivity contribution in [2.24, 2.45) is 0 Å². The number of carbonyl (C=O) groups is 2. The van der Waals surface area contributed by atoms with E-state index in [1.165, 1.54) is 4.90 Å². The lowest BCUT2D eigenvalue weighted by atomic mass is 10.2. The number of anilines is 1. The summed E-state index contributed by atoms with van der Waals surface area (Å²) in [4.78, 5) is 25.9. The molecule has 1 aliphatic rings. The van der Waals surface area contributed by atoms with Gasteiger partial charge in [0.2, 0.25) is 11.8 Å². The largest absolute Gasteiger partial charge is 0.338 e. The zero-order chi connectivity index (χ0) is 17.9. The van der Waals surface area contributed by atoms with Gasteiger partial charge in [-0.15, -0.1) is 0 Å². The van der Waals surface area contributed by atoms with Crippen molar-refractivity contribution in [3.05, 3.63) is 28.2 Å². The van der Waals surface area contributed by atoms with Crippen molar-refractivity contribution in [3.63, 3.8) is 0 Å². The van der Waals surface area contributed by atoms with Crippen LogP contribution in [0.25, 0.3) is 0 Å². The predicted molar refractivity (Wildman–Crippen MR) is 94.2 cm³/mol. The minimum Gasteiger partial charge on any atom is -0.338 e. The topological polar surface area (TPSA) is 83.6 Å². The Morgan fingerprint density at radius 3 is 2.62 bits per heavy atom. The normalized spacial score (nSPS) is 19.0. The van der Waals surface area contributed by atoms with Crippen molar-refractivity contribution in [2.75, 3.05) is 23.4 Å². The summed E-state index contributed by atoms with van der Waals surface area (Å²) in [6.07, 6.45) is 0.0247. The van der Waals surface area contributed by atoms with Gasteiger partial charge in [-0.05, 0) is 25.5 Å². The molecule has 1 unspecified atom stereocenters. The Kier molecular flexibility index (Phi) is 6.11. The van der Waals surface area contributed by atoms with Crippen molar-refractivity contribution in [3.8, 4) is 0 Å². The third kappa shape index (κ3) is 4.62. The van der Waals surface area contributed by atoms with Crippen molar-refractivity contribution in [2.45, 2.75) is 25.8 Å². The van der Waals surface area contributed by atoms with E-state index in [4.69, 9.17) is 23.2 Å². The highest BCUT2D eigenvalue weighted by atomic mass is 35.5. The van der Waals surface area contributed by atoms with Crippen LogP contribution in [-0.2, 0) is 19.4 Å². The van der Waals surface area contributed by atoms with Crippen LogP contribution in [0, 0.1) is 0 Å². The third-order valence-electron chi connectivity index (χ3n) is 3.85. The molecule has 2 rings (SSSR count). The molecular weight excluding hydrogens is 375 g/mol. The minimum absolute atomic E-state index is 0.0473. The first kappa shape index (κ1) is 19.0. The van der Waals surface area contributed by atoms with Gasteiger partial charge in [-0.2, -0.15) is 0 Å². The lowest BCUT2D eigenvalue weighted by Gasteiger charge is -2.26. The lowest BCUT2D eigenvalue weighted by molar-refractivity contribution is -0.135. The fraction of sp³-hybridized carbons (Fsp3) is 0.467. The van der Waals surface area contributed by atoms with Gasteiger partial charge >= 0.3 is 0 Å². The Morgan fingerprint density at radius 2 is 2.04 bits per heavy atom. The molecule has 2 amide bonds. The van der Waals surface area contributed by atoms with Gasteiger partial charge in [0.1, 0.15) is 6.42 Å². The van der Waals surface area contributed by atoms with E-state index in [0.29, 0.717) is 23.7 Å². The molecule has 6 nitrogen and oxygen atoms in total. The van der Waals surface area contributed by atoms with Crippen molar-refractivity contribution in [1.29, 1.82) is 0 Å². The number of sulfone groups is 1. The first-order chi connectivity index (χ1) is 11.2. The predicted octanol–water partition coefficient (Wildman–Crippen LogP) is 2.36. The van der Waals surface area contributed by atoms with Crippen LogP contribution in [0.2, 0.25) is 10.0 Å². The van der Waals surface area contributed by atoms with Gasteiger partial charge < -0.3 is 10.2 Å². The zero-order valence-electron chi connectivity index (χ0n) is 13.1. The van der Waals surface area contributed by atoms with Crippen LogP contribution in [0.5, 0.6) is 0 Å². The molecule has 1 saturated heterocycles. The summed E-state index contributed by atoms with van der Waals surface area (Å²) >= 11 is 11.9. The molecule has 1 atom stereocenters. The SMILES string of the molecule is CCN(C(=O)CC(=O)Nc1cccc(Cl)c1Cl)C1CCS(=O)(=O)C1. The van der Waals surface area contributed by atoms with E-state index in [-0.39, 0.29) is 29.0 Å². The van der Waals surface area contributed by atoms with E-state index >= 15 is 0 Å².